The van der Waals surface area contributed by atoms with E-state index in [1.807, 2.05) is 39.0 Å². The summed E-state index contributed by atoms with van der Waals surface area (Å²) in [6.07, 6.45) is 1.42. The molecule has 172 valence electrons. The first-order valence-corrected chi connectivity index (χ1v) is 10.9. The van der Waals surface area contributed by atoms with Crippen LogP contribution in [-0.2, 0) is 33.8 Å². The molecule has 0 saturated carbocycles. The normalized spacial score (nSPS) is 15.9. The Morgan fingerprint density at radius 3 is 2.56 bits per heavy atom. The highest BCUT2D eigenvalue weighted by atomic mass is 16.5. The van der Waals surface area contributed by atoms with E-state index in [9.17, 15) is 9.59 Å². The molecule has 32 heavy (non-hydrogen) atoms. The zero-order valence-electron chi connectivity index (χ0n) is 19.9. The maximum atomic E-state index is 13.3. The summed E-state index contributed by atoms with van der Waals surface area (Å²) in [7, 11) is 3.00. The van der Waals surface area contributed by atoms with Crippen LogP contribution in [0.5, 0.6) is 5.75 Å². The van der Waals surface area contributed by atoms with Gasteiger partial charge in [0.15, 0.2) is 6.29 Å². The average Bonchev–Trinajstić information content (AvgIpc) is 3.15. The monoisotopic (exact) mass is 439 g/mol. The summed E-state index contributed by atoms with van der Waals surface area (Å²) in [4.78, 5) is 24.8. The molecule has 0 spiro atoms. The first kappa shape index (κ1) is 24.0. The van der Waals surface area contributed by atoms with E-state index in [1.54, 1.807) is 4.57 Å². The molecular formula is C26H33NO5. The van der Waals surface area contributed by atoms with Crippen LogP contribution in [0.25, 0.3) is 5.57 Å². The number of methoxy groups -OCH3 is 2. The number of carbonyl (C=O) groups is 1. The van der Waals surface area contributed by atoms with Crippen molar-refractivity contribution in [3.8, 4) is 5.75 Å². The Bertz CT molecular complexity index is 1070. The quantitative estimate of drug-likeness (QED) is 0.568. The van der Waals surface area contributed by atoms with Crippen LogP contribution >= 0.6 is 0 Å². The van der Waals surface area contributed by atoms with Crippen LogP contribution in [0.3, 0.4) is 0 Å². The molecule has 0 N–H and O–H groups in total. The highest BCUT2D eigenvalue weighted by Gasteiger charge is 2.26. The second-order valence-corrected chi connectivity index (χ2v) is 9.04. The second-order valence-electron chi connectivity index (χ2n) is 9.04. The van der Waals surface area contributed by atoms with Crippen LogP contribution in [0.1, 0.15) is 62.6 Å². The number of benzene rings is 1. The van der Waals surface area contributed by atoms with Gasteiger partial charge in [-0.2, -0.15) is 0 Å². The zero-order valence-corrected chi connectivity index (χ0v) is 19.9. The molecule has 0 radical (unpaired) electrons. The molecule has 0 bridgehead atoms. The molecule has 2 aromatic rings. The van der Waals surface area contributed by atoms with Gasteiger partial charge in [-0.15, -0.1) is 0 Å². The van der Waals surface area contributed by atoms with Crippen LogP contribution in [-0.4, -0.2) is 30.7 Å². The van der Waals surface area contributed by atoms with Crippen molar-refractivity contribution in [3.63, 3.8) is 0 Å². The van der Waals surface area contributed by atoms with Crippen LogP contribution < -0.4 is 10.3 Å². The lowest BCUT2D eigenvalue weighted by atomic mass is 9.95. The van der Waals surface area contributed by atoms with Gasteiger partial charge in [-0.25, -0.2) is 0 Å². The van der Waals surface area contributed by atoms with E-state index in [0.29, 0.717) is 24.1 Å². The summed E-state index contributed by atoms with van der Waals surface area (Å²) in [5, 5.41) is 0. The minimum absolute atomic E-state index is 0.126. The smallest absolute Gasteiger partial charge is 0.256 e. The van der Waals surface area contributed by atoms with Gasteiger partial charge in [-0.05, 0) is 62.1 Å². The number of carbonyl (C=O) groups excluding carboxylic acids is 1. The highest BCUT2D eigenvalue weighted by molar-refractivity contribution is 5.71. The highest BCUT2D eigenvalue weighted by Crippen LogP contribution is 2.33. The minimum Gasteiger partial charge on any atom is -0.488 e. The maximum absolute atomic E-state index is 13.3. The van der Waals surface area contributed by atoms with Crippen LogP contribution in [0.2, 0.25) is 0 Å². The molecule has 1 aromatic heterocycles. The van der Waals surface area contributed by atoms with Gasteiger partial charge in [0.05, 0.1) is 6.61 Å². The molecule has 0 saturated heterocycles. The van der Waals surface area contributed by atoms with Crippen molar-refractivity contribution < 1.29 is 19.0 Å². The van der Waals surface area contributed by atoms with Crippen molar-refractivity contribution in [3.05, 3.63) is 68.6 Å². The van der Waals surface area contributed by atoms with E-state index in [1.165, 1.54) is 25.4 Å². The van der Waals surface area contributed by atoms with Crippen molar-refractivity contribution in [2.24, 2.45) is 0 Å². The van der Waals surface area contributed by atoms with Crippen molar-refractivity contribution in [2.75, 3.05) is 14.2 Å². The maximum Gasteiger partial charge on any atom is 0.256 e. The van der Waals surface area contributed by atoms with Gasteiger partial charge >= 0.3 is 0 Å². The van der Waals surface area contributed by atoms with Gasteiger partial charge in [-0.3, -0.25) is 4.79 Å². The predicted octanol–water partition coefficient (Wildman–Crippen LogP) is 4.48. The lowest BCUT2D eigenvalue weighted by Gasteiger charge is -2.22. The van der Waals surface area contributed by atoms with Crippen LogP contribution in [0.15, 0.2) is 40.7 Å². The van der Waals surface area contributed by atoms with Crippen molar-refractivity contribution in [2.45, 2.75) is 65.4 Å². The largest absolute Gasteiger partial charge is 0.488 e. The van der Waals surface area contributed by atoms with E-state index in [2.05, 4.69) is 19.1 Å². The van der Waals surface area contributed by atoms with E-state index < -0.39 is 6.10 Å². The van der Waals surface area contributed by atoms with Crippen molar-refractivity contribution in [1.82, 2.24) is 4.57 Å². The Morgan fingerprint density at radius 2 is 1.97 bits per heavy atom. The molecule has 6 nitrogen and oxygen atoms in total. The topological polar surface area (TPSA) is 66.8 Å². The third kappa shape index (κ3) is 5.03. The summed E-state index contributed by atoms with van der Waals surface area (Å²) in [5.41, 5.74) is 5.04. The van der Waals surface area contributed by atoms with Gasteiger partial charge in [0, 0.05) is 44.0 Å². The fraction of sp³-hybridized carbons (Fsp3) is 0.462. The molecule has 6 heteroatoms. The molecular weight excluding hydrogens is 406 g/mol. The first-order valence-electron chi connectivity index (χ1n) is 10.9. The van der Waals surface area contributed by atoms with Gasteiger partial charge in [0.1, 0.15) is 17.5 Å². The summed E-state index contributed by atoms with van der Waals surface area (Å²) in [6.45, 7) is 8.87. The third-order valence-electron chi connectivity index (χ3n) is 5.62. The predicted molar refractivity (Wildman–Crippen MR) is 125 cm³/mol. The summed E-state index contributed by atoms with van der Waals surface area (Å²) < 4.78 is 18.4. The number of hydrogen-bond acceptors (Lipinski definition) is 5. The number of nitrogens with zero attached hydrogens (tertiary/aromatic N) is 1. The molecule has 2 heterocycles. The van der Waals surface area contributed by atoms with E-state index in [-0.39, 0.29) is 17.8 Å². The molecule has 1 aliphatic heterocycles. The molecule has 0 aliphatic carbocycles. The Labute approximate surface area is 189 Å². The summed E-state index contributed by atoms with van der Waals surface area (Å²) in [6, 6.07) is 10.0. The number of fused-ring (bicyclic) bond motifs is 1. The Balaban J connectivity index is 2.06. The number of allylic oxidation sites excluding steroid dienone is 2. The standard InChI is InChI=1S/C26H33NO5/c1-7-21(17-9-8-10-20(12-17)32-26(2,3)4)18-11-19-13-22(24(15-28)31-6)23(16-30-5)25(29)27(19)14-18/h8-10,12-13,15,24H,7,11,14,16H2,1-6H3/b21-18+. The molecule has 3 rings (SSSR count). The lowest BCUT2D eigenvalue weighted by Crippen LogP contribution is -2.27. The van der Waals surface area contributed by atoms with E-state index in [0.717, 1.165) is 29.7 Å². The fourth-order valence-corrected chi connectivity index (χ4v) is 4.31. The second kappa shape index (κ2) is 9.84. The summed E-state index contributed by atoms with van der Waals surface area (Å²) >= 11 is 0. The zero-order chi connectivity index (χ0) is 23.5. The lowest BCUT2D eigenvalue weighted by molar-refractivity contribution is -0.116. The summed E-state index contributed by atoms with van der Waals surface area (Å²) in [5.74, 6) is 0.827. The molecule has 1 atom stereocenters. The van der Waals surface area contributed by atoms with Crippen LogP contribution in [0.4, 0.5) is 0 Å². The number of rotatable bonds is 8. The number of pyridine rings is 1. The van der Waals surface area contributed by atoms with E-state index in [4.69, 9.17) is 14.2 Å². The first-order chi connectivity index (χ1) is 15.2. The molecule has 0 fully saturated rings. The minimum atomic E-state index is -0.788. The van der Waals surface area contributed by atoms with Crippen molar-refractivity contribution >= 4 is 11.9 Å². The molecule has 0 amide bonds. The Hall–Kier alpha value is -2.70. The molecule has 1 aromatic carbocycles. The SMILES string of the molecule is CC/C(=C1/Cc2cc(C(C=O)OC)c(COC)c(=O)n2C1)c1cccc(OC(C)(C)C)c1. The number of ether oxygens (including phenoxy) is 3. The Morgan fingerprint density at radius 1 is 1.22 bits per heavy atom. The number of hydrogen-bond donors (Lipinski definition) is 0. The fourth-order valence-electron chi connectivity index (χ4n) is 4.31. The number of aldehydes is 1. The molecule has 1 aliphatic rings. The average molecular weight is 440 g/mol. The van der Waals surface area contributed by atoms with E-state index >= 15 is 0 Å². The number of aromatic nitrogens is 1. The molecule has 1 unspecified atom stereocenters. The van der Waals surface area contributed by atoms with Gasteiger partial charge in [0.25, 0.3) is 5.56 Å². The van der Waals surface area contributed by atoms with Crippen LogP contribution in [0, 0.1) is 0 Å². The van der Waals surface area contributed by atoms with Gasteiger partial charge in [0.2, 0.25) is 0 Å². The van der Waals surface area contributed by atoms with Gasteiger partial charge < -0.3 is 23.6 Å². The third-order valence-corrected chi connectivity index (χ3v) is 5.62. The van der Waals surface area contributed by atoms with Crippen molar-refractivity contribution in [1.29, 1.82) is 0 Å². The Kier molecular flexibility index (Phi) is 7.36. The van der Waals surface area contributed by atoms with Gasteiger partial charge in [-0.1, -0.05) is 19.1 Å².